The second-order valence-electron chi connectivity index (χ2n) is 7.42. The Morgan fingerprint density at radius 1 is 0.833 bits per heavy atom. The molecule has 0 spiro atoms. The first-order valence-corrected chi connectivity index (χ1v) is 10.2. The molecule has 162 valence electrons. The zero-order chi connectivity index (χ0) is 20.9. The average Bonchev–Trinajstić information content (AvgIpc) is 3.69. The van der Waals surface area contributed by atoms with Crippen LogP contribution in [0.2, 0.25) is 0 Å². The molecule has 2 unspecified atom stereocenters. The Morgan fingerprint density at radius 3 is 1.67 bits per heavy atom. The fourth-order valence-corrected chi connectivity index (χ4v) is 3.39. The van der Waals surface area contributed by atoms with Gasteiger partial charge in [0, 0.05) is 12.5 Å². The Kier molecular flexibility index (Phi) is 6.62. The third-order valence-corrected chi connectivity index (χ3v) is 5.25. The van der Waals surface area contributed by atoms with E-state index < -0.39 is 0 Å². The fraction of sp³-hybridized carbons (Fsp3) is 0.478. The van der Waals surface area contributed by atoms with Crippen LogP contribution >= 0.6 is 0 Å². The summed E-state index contributed by atoms with van der Waals surface area (Å²) in [7, 11) is 3.25. The molecule has 4 rings (SSSR count). The molecule has 0 amide bonds. The van der Waals surface area contributed by atoms with Gasteiger partial charge in [0.15, 0.2) is 23.0 Å². The lowest BCUT2D eigenvalue weighted by Gasteiger charge is -2.20. The lowest BCUT2D eigenvalue weighted by molar-refractivity contribution is 0.251. The van der Waals surface area contributed by atoms with E-state index >= 15 is 0 Å². The Morgan fingerprint density at radius 2 is 1.30 bits per heavy atom. The fourth-order valence-electron chi connectivity index (χ4n) is 3.39. The summed E-state index contributed by atoms with van der Waals surface area (Å²) in [6.07, 6.45) is 0.922. The predicted octanol–water partition coefficient (Wildman–Crippen LogP) is 2.77. The molecule has 2 aliphatic heterocycles. The maximum atomic E-state index is 9.69. The van der Waals surface area contributed by atoms with Gasteiger partial charge in [0.05, 0.1) is 27.4 Å². The Hall–Kier alpha value is -2.48. The van der Waals surface area contributed by atoms with Gasteiger partial charge in [-0.25, -0.2) is 0 Å². The summed E-state index contributed by atoms with van der Waals surface area (Å²) in [6, 6.07) is 11.8. The highest BCUT2D eigenvalue weighted by Crippen LogP contribution is 2.38. The second kappa shape index (κ2) is 9.55. The Bertz CT molecular complexity index is 778. The monoisotopic (exact) mass is 416 g/mol. The largest absolute Gasteiger partial charge is 0.493 e. The second-order valence-corrected chi connectivity index (χ2v) is 7.42. The normalized spacial score (nSPS) is 20.4. The summed E-state index contributed by atoms with van der Waals surface area (Å²) in [6.45, 7) is 2.58. The number of ether oxygens (including phenoxy) is 6. The maximum absolute atomic E-state index is 9.69. The molecule has 7 heteroatoms. The molecule has 2 saturated heterocycles. The topological polar surface area (TPSA) is 82.2 Å². The van der Waals surface area contributed by atoms with Gasteiger partial charge in [-0.1, -0.05) is 12.1 Å². The number of epoxide rings is 2. The van der Waals surface area contributed by atoms with Crippen LogP contribution in [0.15, 0.2) is 36.4 Å². The lowest BCUT2D eigenvalue weighted by Crippen LogP contribution is -2.08. The summed E-state index contributed by atoms with van der Waals surface area (Å²) < 4.78 is 33.1. The Labute approximate surface area is 176 Å². The van der Waals surface area contributed by atoms with Crippen molar-refractivity contribution in [3.63, 3.8) is 0 Å². The highest BCUT2D eigenvalue weighted by molar-refractivity contribution is 5.49. The molecule has 0 radical (unpaired) electrons. The van der Waals surface area contributed by atoms with Crippen LogP contribution < -0.4 is 18.9 Å². The highest BCUT2D eigenvalue weighted by atomic mass is 16.6. The van der Waals surface area contributed by atoms with Crippen molar-refractivity contribution in [1.82, 2.24) is 0 Å². The number of aliphatic hydroxyl groups excluding tert-OH is 1. The highest BCUT2D eigenvalue weighted by Gasteiger charge is 2.25. The number of hydrogen-bond acceptors (Lipinski definition) is 7. The van der Waals surface area contributed by atoms with E-state index in [2.05, 4.69) is 0 Å². The van der Waals surface area contributed by atoms with Gasteiger partial charge in [-0.15, -0.1) is 0 Å². The third kappa shape index (κ3) is 5.16. The minimum atomic E-state index is -0.0283. The van der Waals surface area contributed by atoms with Gasteiger partial charge in [-0.3, -0.25) is 0 Å². The molecule has 0 aromatic heterocycles. The molecular weight excluding hydrogens is 388 g/mol. The molecule has 0 aliphatic carbocycles. The predicted molar refractivity (Wildman–Crippen MR) is 110 cm³/mol. The van der Waals surface area contributed by atoms with Gasteiger partial charge in [0.1, 0.15) is 25.4 Å². The smallest absolute Gasteiger partial charge is 0.161 e. The number of rotatable bonds is 12. The molecule has 1 N–H and O–H groups in total. The van der Waals surface area contributed by atoms with Gasteiger partial charge in [-0.05, 0) is 41.8 Å². The summed E-state index contributed by atoms with van der Waals surface area (Å²) in [5.74, 6) is 2.66. The molecule has 2 aliphatic rings. The van der Waals surface area contributed by atoms with E-state index in [1.807, 2.05) is 36.4 Å². The van der Waals surface area contributed by atoms with E-state index in [9.17, 15) is 5.11 Å². The van der Waals surface area contributed by atoms with Crippen molar-refractivity contribution in [3.05, 3.63) is 47.5 Å². The van der Waals surface area contributed by atoms with Gasteiger partial charge < -0.3 is 33.5 Å². The van der Waals surface area contributed by atoms with E-state index in [-0.39, 0.29) is 24.7 Å². The Balaban J connectivity index is 1.55. The van der Waals surface area contributed by atoms with E-state index in [1.165, 1.54) is 0 Å². The molecule has 30 heavy (non-hydrogen) atoms. The van der Waals surface area contributed by atoms with Crippen LogP contribution in [0, 0.1) is 0 Å². The van der Waals surface area contributed by atoms with E-state index in [0.29, 0.717) is 42.6 Å². The molecule has 2 atom stereocenters. The van der Waals surface area contributed by atoms with Gasteiger partial charge in [0.25, 0.3) is 0 Å². The maximum Gasteiger partial charge on any atom is 0.161 e. The number of methoxy groups -OCH3 is 2. The number of hydrogen-bond donors (Lipinski definition) is 1. The van der Waals surface area contributed by atoms with Crippen molar-refractivity contribution < 1.29 is 33.5 Å². The number of benzene rings is 2. The van der Waals surface area contributed by atoms with E-state index in [0.717, 1.165) is 24.3 Å². The molecule has 2 aromatic carbocycles. The zero-order valence-electron chi connectivity index (χ0n) is 17.3. The van der Waals surface area contributed by atoms with E-state index in [4.69, 9.17) is 28.4 Å². The minimum absolute atomic E-state index is 0.0283. The molecule has 0 saturated carbocycles. The molecular formula is C23H28O7. The first-order chi connectivity index (χ1) is 14.7. The summed E-state index contributed by atoms with van der Waals surface area (Å²) in [4.78, 5) is 0. The quantitative estimate of drug-likeness (QED) is 0.533. The van der Waals surface area contributed by atoms with Gasteiger partial charge in [0.2, 0.25) is 0 Å². The van der Waals surface area contributed by atoms with Crippen LogP contribution in [-0.2, 0) is 9.47 Å². The average molecular weight is 416 g/mol. The van der Waals surface area contributed by atoms with Crippen LogP contribution in [0.3, 0.4) is 0 Å². The molecule has 0 bridgehead atoms. The van der Waals surface area contributed by atoms with Crippen molar-refractivity contribution in [1.29, 1.82) is 0 Å². The molecule has 2 fully saturated rings. The first-order valence-electron chi connectivity index (χ1n) is 10.2. The first kappa shape index (κ1) is 20.8. The zero-order valence-corrected chi connectivity index (χ0v) is 17.3. The lowest BCUT2D eigenvalue weighted by atomic mass is 9.88. The van der Waals surface area contributed by atoms with Gasteiger partial charge in [-0.2, -0.15) is 0 Å². The number of aliphatic hydroxyl groups is 1. The van der Waals surface area contributed by atoms with Crippen LogP contribution in [-0.4, -0.2) is 64.6 Å². The van der Waals surface area contributed by atoms with Crippen molar-refractivity contribution in [2.45, 2.75) is 24.5 Å². The summed E-state index contributed by atoms with van der Waals surface area (Å²) in [5.41, 5.74) is 2.05. The van der Waals surface area contributed by atoms with Crippen LogP contribution in [0.1, 0.15) is 23.5 Å². The van der Waals surface area contributed by atoms with Crippen LogP contribution in [0.25, 0.3) is 0 Å². The van der Waals surface area contributed by atoms with Crippen LogP contribution in [0.5, 0.6) is 23.0 Å². The molecule has 2 aromatic rings. The summed E-state index contributed by atoms with van der Waals surface area (Å²) >= 11 is 0. The van der Waals surface area contributed by atoms with Crippen molar-refractivity contribution in [2.24, 2.45) is 0 Å². The van der Waals surface area contributed by atoms with Crippen LogP contribution in [0.4, 0.5) is 0 Å². The standard InChI is InChI=1S/C23H28O7/c1-25-22-9-15(3-5-20(22)29-13-17-11-27-17)19(7-8-24)16-4-6-21(23(10-16)26-2)30-14-18-12-28-18/h3-6,9-10,17-19,24H,7-8,11-14H2,1-2H3. The van der Waals surface area contributed by atoms with E-state index in [1.54, 1.807) is 14.2 Å². The van der Waals surface area contributed by atoms with Gasteiger partial charge >= 0.3 is 0 Å². The van der Waals surface area contributed by atoms with Crippen molar-refractivity contribution >= 4 is 0 Å². The van der Waals surface area contributed by atoms with Crippen molar-refractivity contribution in [2.75, 3.05) is 47.3 Å². The SMILES string of the molecule is COc1cc(C(CCO)c2ccc(OCC3CO3)c(OC)c2)ccc1OCC1CO1. The minimum Gasteiger partial charge on any atom is -0.493 e. The molecule has 7 nitrogen and oxygen atoms in total. The van der Waals surface area contributed by atoms with Crippen molar-refractivity contribution in [3.8, 4) is 23.0 Å². The molecule has 2 heterocycles. The summed E-state index contributed by atoms with van der Waals surface area (Å²) in [5, 5.41) is 9.69. The third-order valence-electron chi connectivity index (χ3n) is 5.25.